The number of carbonyl (C=O) groups is 1. The summed E-state index contributed by atoms with van der Waals surface area (Å²) in [6.07, 6.45) is 7.44. The number of thiazole rings is 1. The van der Waals surface area contributed by atoms with E-state index in [0.717, 1.165) is 42.9 Å². The van der Waals surface area contributed by atoms with Crippen LogP contribution >= 0.6 is 11.3 Å². The number of amides is 1. The Balaban J connectivity index is 1.45. The van der Waals surface area contributed by atoms with Gasteiger partial charge in [0.2, 0.25) is 5.91 Å². The number of nitrogens with zero attached hydrogens (tertiary/aromatic N) is 2. The van der Waals surface area contributed by atoms with Gasteiger partial charge in [-0.15, -0.1) is 0 Å². The standard InChI is InChI=1S/C29H40N4O3S/c1-21(22-8-4-2-5-9-22)20-32(16-15-26(30)35)18-19-33(24-10-6-3-7-11-24)17-14-23-12-13-25(34)27-28(23)37-29(36)31-27/h2,4-5,8-9,12-13,21,24,34H,3,6-7,10-11,14-20H2,1H3,(H2,30,35)(H,31,36)/t21-/m0/s1. The zero-order valence-electron chi connectivity index (χ0n) is 21.8. The van der Waals surface area contributed by atoms with E-state index >= 15 is 0 Å². The Hall–Kier alpha value is -2.68. The second-order valence-electron chi connectivity index (χ2n) is 10.4. The molecule has 0 saturated heterocycles. The molecule has 4 rings (SSSR count). The van der Waals surface area contributed by atoms with E-state index in [2.05, 4.69) is 46.0 Å². The summed E-state index contributed by atoms with van der Waals surface area (Å²) in [5, 5.41) is 10.2. The Morgan fingerprint density at radius 1 is 1.08 bits per heavy atom. The number of phenolic OH excluding ortho intramolecular Hbond substituents is 1. The minimum atomic E-state index is -0.261. The smallest absolute Gasteiger partial charge is 0.305 e. The fourth-order valence-corrected chi connectivity index (χ4v) is 6.46. The number of aromatic amines is 1. The number of H-pyrrole nitrogens is 1. The minimum absolute atomic E-state index is 0.124. The van der Waals surface area contributed by atoms with E-state index < -0.39 is 0 Å². The zero-order chi connectivity index (χ0) is 26.2. The van der Waals surface area contributed by atoms with Crippen molar-refractivity contribution < 1.29 is 9.90 Å². The Morgan fingerprint density at radius 3 is 2.57 bits per heavy atom. The van der Waals surface area contributed by atoms with Gasteiger partial charge in [-0.05, 0) is 42.4 Å². The molecule has 0 radical (unpaired) electrons. The summed E-state index contributed by atoms with van der Waals surface area (Å²) in [7, 11) is 0. The Labute approximate surface area is 223 Å². The number of nitrogens with one attached hydrogen (secondary N) is 1. The number of phenols is 1. The van der Waals surface area contributed by atoms with Crippen LogP contribution < -0.4 is 10.6 Å². The summed E-state index contributed by atoms with van der Waals surface area (Å²) in [6.45, 7) is 6.49. The van der Waals surface area contributed by atoms with Crippen molar-refractivity contribution in [1.82, 2.24) is 14.8 Å². The highest BCUT2D eigenvalue weighted by molar-refractivity contribution is 7.16. The van der Waals surface area contributed by atoms with Gasteiger partial charge in [-0.2, -0.15) is 0 Å². The van der Waals surface area contributed by atoms with Crippen LogP contribution in [0.15, 0.2) is 47.3 Å². The molecule has 1 atom stereocenters. The molecule has 8 heteroatoms. The van der Waals surface area contributed by atoms with Crippen LogP contribution in [0.25, 0.3) is 10.2 Å². The van der Waals surface area contributed by atoms with Gasteiger partial charge in [-0.1, -0.05) is 73.9 Å². The maximum atomic E-state index is 12.0. The third-order valence-electron chi connectivity index (χ3n) is 7.68. The summed E-state index contributed by atoms with van der Waals surface area (Å²) in [5.74, 6) is 0.223. The van der Waals surface area contributed by atoms with E-state index in [1.54, 1.807) is 6.07 Å². The van der Waals surface area contributed by atoms with E-state index in [1.807, 2.05) is 12.1 Å². The third kappa shape index (κ3) is 7.66. The number of hydrogen-bond acceptors (Lipinski definition) is 6. The van der Waals surface area contributed by atoms with Crippen LogP contribution in [0.1, 0.15) is 62.5 Å². The van der Waals surface area contributed by atoms with Crippen LogP contribution in [-0.4, -0.2) is 64.6 Å². The maximum Gasteiger partial charge on any atom is 0.305 e. The molecule has 1 heterocycles. The van der Waals surface area contributed by atoms with Crippen LogP contribution in [0.2, 0.25) is 0 Å². The van der Waals surface area contributed by atoms with Crippen molar-refractivity contribution in [2.24, 2.45) is 5.73 Å². The van der Waals surface area contributed by atoms with Gasteiger partial charge in [0, 0.05) is 45.2 Å². The van der Waals surface area contributed by atoms with Crippen LogP contribution in [0.3, 0.4) is 0 Å². The number of benzene rings is 2. The first-order valence-electron chi connectivity index (χ1n) is 13.5. The van der Waals surface area contributed by atoms with Crippen LogP contribution in [-0.2, 0) is 11.2 Å². The molecule has 1 aliphatic carbocycles. The Kier molecular flexibility index (Phi) is 9.77. The molecular weight excluding hydrogens is 484 g/mol. The number of hydrogen-bond donors (Lipinski definition) is 3. The molecule has 2 aromatic carbocycles. The lowest BCUT2D eigenvalue weighted by molar-refractivity contribution is -0.118. The molecule has 0 unspecified atom stereocenters. The molecule has 0 bridgehead atoms. The SMILES string of the molecule is C[C@@H](CN(CCC(N)=O)CCN(CCc1ccc(O)c2[nH]c(=O)sc12)C1CCCCC1)c1ccccc1. The second-order valence-corrected chi connectivity index (χ2v) is 11.4. The average molecular weight is 525 g/mol. The van der Waals surface area contributed by atoms with Crippen molar-refractivity contribution in [2.45, 2.75) is 63.8 Å². The van der Waals surface area contributed by atoms with Crippen molar-refractivity contribution in [3.63, 3.8) is 0 Å². The van der Waals surface area contributed by atoms with Gasteiger partial charge in [0.15, 0.2) is 0 Å². The van der Waals surface area contributed by atoms with Gasteiger partial charge >= 0.3 is 4.87 Å². The first kappa shape index (κ1) is 27.4. The Morgan fingerprint density at radius 2 is 1.84 bits per heavy atom. The largest absolute Gasteiger partial charge is 0.506 e. The van der Waals surface area contributed by atoms with Crippen LogP contribution in [0.4, 0.5) is 0 Å². The average Bonchev–Trinajstić information content (AvgIpc) is 3.31. The van der Waals surface area contributed by atoms with E-state index in [-0.39, 0.29) is 16.5 Å². The molecule has 200 valence electrons. The molecular formula is C29H40N4O3S. The fourth-order valence-electron chi connectivity index (χ4n) is 5.56. The number of fused-ring (bicyclic) bond motifs is 1. The van der Waals surface area contributed by atoms with E-state index in [0.29, 0.717) is 30.4 Å². The number of primary amides is 1. The molecule has 1 fully saturated rings. The van der Waals surface area contributed by atoms with Crippen molar-refractivity contribution in [3.05, 3.63) is 63.3 Å². The summed E-state index contributed by atoms with van der Waals surface area (Å²) in [5.41, 5.74) is 8.45. The van der Waals surface area contributed by atoms with E-state index in [4.69, 9.17) is 5.73 Å². The second kappa shape index (κ2) is 13.2. The van der Waals surface area contributed by atoms with Crippen molar-refractivity contribution in [3.8, 4) is 5.75 Å². The monoisotopic (exact) mass is 524 g/mol. The summed E-state index contributed by atoms with van der Waals surface area (Å²) in [6, 6.07) is 14.7. The van der Waals surface area contributed by atoms with Crippen molar-refractivity contribution >= 4 is 27.5 Å². The van der Waals surface area contributed by atoms with Crippen molar-refractivity contribution in [2.75, 3.05) is 32.7 Å². The highest BCUT2D eigenvalue weighted by atomic mass is 32.1. The van der Waals surface area contributed by atoms with Crippen LogP contribution in [0.5, 0.6) is 5.75 Å². The molecule has 37 heavy (non-hydrogen) atoms. The molecule has 7 nitrogen and oxygen atoms in total. The van der Waals surface area contributed by atoms with E-state index in [1.165, 1.54) is 49.0 Å². The fraction of sp³-hybridized carbons (Fsp3) is 0.517. The molecule has 1 amide bonds. The number of carbonyl (C=O) groups excluding carboxylic acids is 1. The quantitative estimate of drug-likeness (QED) is 0.307. The molecule has 0 aliphatic heterocycles. The van der Waals surface area contributed by atoms with Gasteiger partial charge in [-0.25, -0.2) is 0 Å². The number of aromatic hydroxyl groups is 1. The minimum Gasteiger partial charge on any atom is -0.506 e. The number of nitrogens with two attached hydrogens (primary N) is 1. The molecule has 3 aromatic rings. The van der Waals surface area contributed by atoms with Gasteiger partial charge in [0.25, 0.3) is 0 Å². The van der Waals surface area contributed by atoms with Crippen molar-refractivity contribution in [1.29, 1.82) is 0 Å². The molecule has 4 N–H and O–H groups in total. The summed E-state index contributed by atoms with van der Waals surface area (Å²) < 4.78 is 0.855. The lowest BCUT2D eigenvalue weighted by Gasteiger charge is -2.36. The lowest BCUT2D eigenvalue weighted by atomic mass is 9.93. The molecule has 1 aliphatic rings. The first-order chi connectivity index (χ1) is 17.9. The van der Waals surface area contributed by atoms with Gasteiger partial charge in [0.05, 0.1) is 4.70 Å². The lowest BCUT2D eigenvalue weighted by Crippen LogP contribution is -2.44. The topological polar surface area (TPSA) is 103 Å². The van der Waals surface area contributed by atoms with E-state index in [9.17, 15) is 14.7 Å². The number of aromatic nitrogens is 1. The predicted octanol–water partition coefficient (Wildman–Crippen LogP) is 4.45. The first-order valence-corrected chi connectivity index (χ1v) is 14.4. The number of rotatable bonds is 13. The normalized spacial score (nSPS) is 15.5. The molecule has 1 saturated carbocycles. The molecule has 0 spiro atoms. The third-order valence-corrected chi connectivity index (χ3v) is 8.63. The maximum absolute atomic E-state index is 12.0. The zero-order valence-corrected chi connectivity index (χ0v) is 22.6. The highest BCUT2D eigenvalue weighted by Crippen LogP contribution is 2.29. The molecule has 1 aromatic heterocycles. The van der Waals surface area contributed by atoms with Crippen LogP contribution in [0, 0.1) is 0 Å². The summed E-state index contributed by atoms with van der Waals surface area (Å²) in [4.78, 5) is 31.2. The van der Waals surface area contributed by atoms with Gasteiger partial charge in [0.1, 0.15) is 11.3 Å². The summed E-state index contributed by atoms with van der Waals surface area (Å²) >= 11 is 1.17. The highest BCUT2D eigenvalue weighted by Gasteiger charge is 2.23. The van der Waals surface area contributed by atoms with Gasteiger partial charge < -0.3 is 20.7 Å². The Bertz CT molecular complexity index is 1200. The predicted molar refractivity (Wildman–Crippen MR) is 151 cm³/mol. The van der Waals surface area contributed by atoms with Gasteiger partial charge in [-0.3, -0.25) is 14.5 Å².